The molecule has 4 nitrogen and oxygen atoms in total. The summed E-state index contributed by atoms with van der Waals surface area (Å²) in [4.78, 5) is 22.4. The van der Waals surface area contributed by atoms with Crippen LogP contribution in [0.25, 0.3) is 0 Å². The number of hydrogen-bond acceptors (Lipinski definition) is 2. The van der Waals surface area contributed by atoms with Gasteiger partial charge in [0, 0.05) is 11.3 Å². The molecular formula is C12H12FNO3. The molecule has 1 aliphatic rings. The van der Waals surface area contributed by atoms with E-state index in [4.69, 9.17) is 5.11 Å². The molecule has 1 aliphatic heterocycles. The van der Waals surface area contributed by atoms with Gasteiger partial charge in [0.15, 0.2) is 0 Å². The maximum Gasteiger partial charge on any atom is 0.306 e. The zero-order chi connectivity index (χ0) is 12.6. The Kier molecular flexibility index (Phi) is 2.83. The van der Waals surface area contributed by atoms with Crippen LogP contribution in [0.4, 0.5) is 10.1 Å². The summed E-state index contributed by atoms with van der Waals surface area (Å²) >= 11 is 0. The number of amides is 1. The molecule has 0 aromatic heterocycles. The highest BCUT2D eigenvalue weighted by molar-refractivity contribution is 6.03. The molecule has 1 heterocycles. The van der Waals surface area contributed by atoms with Crippen molar-refractivity contribution < 1.29 is 19.1 Å². The van der Waals surface area contributed by atoms with Gasteiger partial charge in [-0.3, -0.25) is 9.59 Å². The molecule has 0 radical (unpaired) electrons. The van der Waals surface area contributed by atoms with E-state index in [0.29, 0.717) is 5.69 Å². The normalized spacial score (nSPS) is 19.6. The van der Waals surface area contributed by atoms with Crippen LogP contribution in [0.3, 0.4) is 0 Å². The van der Waals surface area contributed by atoms with E-state index in [-0.39, 0.29) is 17.9 Å². The predicted octanol–water partition coefficient (Wildman–Crippen LogP) is 1.97. The quantitative estimate of drug-likeness (QED) is 0.844. The molecule has 17 heavy (non-hydrogen) atoms. The molecule has 5 heteroatoms. The third-order valence-corrected chi connectivity index (χ3v) is 2.99. The van der Waals surface area contributed by atoms with Crippen LogP contribution in [-0.4, -0.2) is 17.0 Å². The lowest BCUT2D eigenvalue weighted by molar-refractivity contribution is -0.141. The number of hydrogen-bond donors (Lipinski definition) is 2. The molecule has 2 atom stereocenters. The zero-order valence-electron chi connectivity index (χ0n) is 9.24. The molecule has 0 aliphatic carbocycles. The number of aliphatic carboxylic acids is 1. The summed E-state index contributed by atoms with van der Waals surface area (Å²) in [5.74, 6) is -3.18. The molecule has 0 bridgehead atoms. The monoisotopic (exact) mass is 237 g/mol. The minimum atomic E-state index is -0.984. The maximum absolute atomic E-state index is 13.6. The van der Waals surface area contributed by atoms with Gasteiger partial charge >= 0.3 is 5.97 Å². The third-order valence-electron chi connectivity index (χ3n) is 2.99. The van der Waals surface area contributed by atoms with Crippen molar-refractivity contribution in [3.05, 3.63) is 29.6 Å². The maximum atomic E-state index is 13.6. The average Bonchev–Trinajstić information content (AvgIpc) is 2.56. The number of benzene rings is 1. The smallest absolute Gasteiger partial charge is 0.306 e. The predicted molar refractivity (Wildman–Crippen MR) is 59.2 cm³/mol. The molecular weight excluding hydrogens is 225 g/mol. The Bertz CT molecular complexity index is 487. The topological polar surface area (TPSA) is 66.4 Å². The van der Waals surface area contributed by atoms with E-state index >= 15 is 0 Å². The van der Waals surface area contributed by atoms with Gasteiger partial charge in [-0.1, -0.05) is 13.0 Å². The van der Waals surface area contributed by atoms with Gasteiger partial charge in [0.2, 0.25) is 5.91 Å². The van der Waals surface area contributed by atoms with E-state index in [1.165, 1.54) is 19.1 Å². The summed E-state index contributed by atoms with van der Waals surface area (Å²) in [6, 6.07) is 4.40. The van der Waals surface area contributed by atoms with Crippen LogP contribution >= 0.6 is 0 Å². The van der Waals surface area contributed by atoms with E-state index in [1.807, 2.05) is 0 Å². The van der Waals surface area contributed by atoms with E-state index in [9.17, 15) is 14.0 Å². The number of carboxylic acids is 1. The second kappa shape index (κ2) is 4.16. The lowest BCUT2D eigenvalue weighted by atomic mass is 9.90. The Morgan fingerprint density at radius 3 is 2.94 bits per heavy atom. The van der Waals surface area contributed by atoms with E-state index < -0.39 is 23.6 Å². The zero-order valence-corrected chi connectivity index (χ0v) is 9.24. The first-order valence-electron chi connectivity index (χ1n) is 5.32. The lowest BCUT2D eigenvalue weighted by Gasteiger charge is -2.12. The second-order valence-corrected chi connectivity index (χ2v) is 4.22. The van der Waals surface area contributed by atoms with Crippen molar-refractivity contribution in [1.82, 2.24) is 0 Å². The van der Waals surface area contributed by atoms with E-state index in [0.717, 1.165) is 0 Å². The summed E-state index contributed by atoms with van der Waals surface area (Å²) < 4.78 is 13.6. The van der Waals surface area contributed by atoms with Crippen molar-refractivity contribution in [1.29, 1.82) is 0 Å². The Balaban J connectivity index is 2.31. The molecule has 2 rings (SSSR count). The molecule has 2 unspecified atom stereocenters. The first kappa shape index (κ1) is 11.6. The number of carbonyl (C=O) groups excluding carboxylic acids is 1. The summed E-state index contributed by atoms with van der Waals surface area (Å²) in [7, 11) is 0. The van der Waals surface area contributed by atoms with Gasteiger partial charge in [-0.25, -0.2) is 4.39 Å². The first-order valence-corrected chi connectivity index (χ1v) is 5.32. The summed E-state index contributed by atoms with van der Waals surface area (Å²) in [5.41, 5.74) is 0.725. The van der Waals surface area contributed by atoms with Crippen molar-refractivity contribution in [2.75, 3.05) is 5.32 Å². The number of anilines is 1. The van der Waals surface area contributed by atoms with Crippen LogP contribution in [0.5, 0.6) is 0 Å². The fourth-order valence-corrected chi connectivity index (χ4v) is 2.03. The van der Waals surface area contributed by atoms with Crippen LogP contribution in [0.1, 0.15) is 24.8 Å². The average molecular weight is 237 g/mol. The second-order valence-electron chi connectivity index (χ2n) is 4.22. The van der Waals surface area contributed by atoms with Crippen molar-refractivity contribution >= 4 is 17.6 Å². The van der Waals surface area contributed by atoms with E-state index in [1.54, 1.807) is 6.07 Å². The Morgan fingerprint density at radius 2 is 2.29 bits per heavy atom. The largest absolute Gasteiger partial charge is 0.481 e. The SMILES string of the molecule is CC(CC1C(=O)Nc2cccc(F)c21)C(=O)O. The van der Waals surface area contributed by atoms with Gasteiger partial charge in [-0.05, 0) is 18.6 Å². The summed E-state index contributed by atoms with van der Waals surface area (Å²) in [6.07, 6.45) is 0.106. The number of rotatable bonds is 3. The van der Waals surface area contributed by atoms with Gasteiger partial charge < -0.3 is 10.4 Å². The van der Waals surface area contributed by atoms with Gasteiger partial charge in [0.25, 0.3) is 0 Å². The summed E-state index contributed by atoms with van der Waals surface area (Å²) in [6.45, 7) is 1.51. The highest BCUT2D eigenvalue weighted by Gasteiger charge is 2.35. The molecule has 2 N–H and O–H groups in total. The van der Waals surface area contributed by atoms with Crippen LogP contribution in [-0.2, 0) is 9.59 Å². The lowest BCUT2D eigenvalue weighted by Crippen LogP contribution is -2.19. The molecule has 1 amide bonds. The number of carboxylic acid groups (broad SMARTS) is 1. The van der Waals surface area contributed by atoms with Crippen LogP contribution in [0.2, 0.25) is 0 Å². The Hall–Kier alpha value is -1.91. The number of carbonyl (C=O) groups is 2. The van der Waals surface area contributed by atoms with Crippen molar-refractivity contribution in [2.45, 2.75) is 19.3 Å². The number of fused-ring (bicyclic) bond motifs is 1. The van der Waals surface area contributed by atoms with Gasteiger partial charge in [0.05, 0.1) is 11.8 Å². The fraction of sp³-hybridized carbons (Fsp3) is 0.333. The van der Waals surface area contributed by atoms with E-state index in [2.05, 4.69) is 5.32 Å². The standard InChI is InChI=1S/C12H12FNO3/c1-6(12(16)17)5-7-10-8(13)3-2-4-9(10)14-11(7)15/h2-4,6-7H,5H2,1H3,(H,14,15)(H,16,17). The van der Waals surface area contributed by atoms with Crippen molar-refractivity contribution in [2.24, 2.45) is 5.92 Å². The minimum Gasteiger partial charge on any atom is -0.481 e. The molecule has 0 fully saturated rings. The molecule has 90 valence electrons. The number of halogens is 1. The van der Waals surface area contributed by atoms with Gasteiger partial charge in [-0.15, -0.1) is 0 Å². The highest BCUT2D eigenvalue weighted by Crippen LogP contribution is 2.38. The van der Waals surface area contributed by atoms with Crippen LogP contribution < -0.4 is 5.32 Å². The minimum absolute atomic E-state index is 0.106. The van der Waals surface area contributed by atoms with Gasteiger partial charge in [-0.2, -0.15) is 0 Å². The summed E-state index contributed by atoms with van der Waals surface area (Å²) in [5, 5.41) is 11.4. The van der Waals surface area contributed by atoms with Crippen molar-refractivity contribution in [3.63, 3.8) is 0 Å². The molecule has 0 saturated carbocycles. The van der Waals surface area contributed by atoms with Crippen LogP contribution in [0.15, 0.2) is 18.2 Å². The van der Waals surface area contributed by atoms with Crippen molar-refractivity contribution in [3.8, 4) is 0 Å². The molecule has 1 aromatic rings. The van der Waals surface area contributed by atoms with Crippen LogP contribution in [0, 0.1) is 11.7 Å². The number of nitrogens with one attached hydrogen (secondary N) is 1. The first-order chi connectivity index (χ1) is 8.00. The third kappa shape index (κ3) is 2.00. The molecule has 0 spiro atoms. The van der Waals surface area contributed by atoms with Gasteiger partial charge in [0.1, 0.15) is 5.82 Å². The Morgan fingerprint density at radius 1 is 1.59 bits per heavy atom. The Labute approximate surface area is 97.4 Å². The fourth-order valence-electron chi connectivity index (χ4n) is 2.03. The molecule has 1 aromatic carbocycles. The highest BCUT2D eigenvalue weighted by atomic mass is 19.1. The molecule has 0 saturated heterocycles.